The molecule has 0 atom stereocenters. The predicted octanol–water partition coefficient (Wildman–Crippen LogP) is 4.25. The number of fused-ring (bicyclic) bond motifs is 1. The van der Waals surface area contributed by atoms with Crippen LogP contribution in [0.3, 0.4) is 0 Å². The van der Waals surface area contributed by atoms with Crippen LogP contribution >= 0.6 is 0 Å². The second kappa shape index (κ2) is 8.70. The van der Waals surface area contributed by atoms with E-state index in [-0.39, 0.29) is 5.56 Å². The van der Waals surface area contributed by atoms with Crippen molar-refractivity contribution in [3.63, 3.8) is 0 Å². The van der Waals surface area contributed by atoms with Crippen molar-refractivity contribution in [3.05, 3.63) is 77.8 Å². The van der Waals surface area contributed by atoms with Crippen LogP contribution in [0.1, 0.15) is 11.1 Å². The summed E-state index contributed by atoms with van der Waals surface area (Å²) in [6.07, 6.45) is -1.00. The molecule has 1 heterocycles. The lowest BCUT2D eigenvalue weighted by Gasteiger charge is -2.13. The van der Waals surface area contributed by atoms with E-state index in [1.807, 2.05) is 24.3 Å². The van der Waals surface area contributed by atoms with Crippen LogP contribution < -0.4 is 16.9 Å². The van der Waals surface area contributed by atoms with Crippen molar-refractivity contribution in [1.82, 2.24) is 10.4 Å². The molecule has 0 aliphatic carbocycles. The maximum absolute atomic E-state index is 13.1. The van der Waals surface area contributed by atoms with E-state index in [1.165, 1.54) is 12.3 Å². The zero-order valence-electron chi connectivity index (χ0n) is 16.2. The summed E-state index contributed by atoms with van der Waals surface area (Å²) in [5.74, 6) is 0. The van der Waals surface area contributed by atoms with Crippen LogP contribution in [0.15, 0.2) is 71.7 Å². The number of pyridine rings is 1. The van der Waals surface area contributed by atoms with Gasteiger partial charge in [-0.3, -0.25) is 10.4 Å². The smallest absolute Gasteiger partial charge is 0.397 e. The van der Waals surface area contributed by atoms with Gasteiger partial charge in [0.25, 0.3) is 0 Å². The highest BCUT2D eigenvalue weighted by atomic mass is 19.4. The van der Waals surface area contributed by atoms with Crippen molar-refractivity contribution < 1.29 is 13.2 Å². The van der Waals surface area contributed by atoms with Gasteiger partial charge in [0.2, 0.25) is 0 Å². The fourth-order valence-electron chi connectivity index (χ4n) is 3.08. The molecule has 0 aliphatic rings. The van der Waals surface area contributed by atoms with Crippen LogP contribution in [0, 0.1) is 5.41 Å². The number of hydrazone groups is 1. The lowest BCUT2D eigenvalue weighted by atomic mass is 9.96. The van der Waals surface area contributed by atoms with Crippen LogP contribution in [0.2, 0.25) is 0 Å². The van der Waals surface area contributed by atoms with Crippen LogP contribution in [0.4, 0.5) is 13.2 Å². The van der Waals surface area contributed by atoms with Gasteiger partial charge >= 0.3 is 6.18 Å². The summed E-state index contributed by atoms with van der Waals surface area (Å²) in [4.78, 5) is 4.29. The molecule has 0 amide bonds. The number of nitrogens with two attached hydrogens (primary N) is 2. The Bertz CT molecular complexity index is 1190. The minimum atomic E-state index is -4.74. The number of hydrogen-bond acceptors (Lipinski definition) is 6. The first-order valence-corrected chi connectivity index (χ1v) is 9.00. The van der Waals surface area contributed by atoms with Gasteiger partial charge in [0.05, 0.1) is 11.2 Å². The van der Waals surface area contributed by atoms with Gasteiger partial charge in [-0.25, -0.2) is 0 Å². The number of hydrogen-bond donors (Lipinski definition) is 4. The standard InChI is InChI=1S/C22H19F3N6/c1-29-31-12-19(27)14-4-2-13(3-5-14)16-8-9-30-20-7-6-15(10-17(16)20)18(11-26)21(28)22(23,24)25/h2-12,26,31H,1,27-28H2/b19-12-,21-18?,26-11?. The maximum atomic E-state index is 13.1. The molecule has 0 bridgehead atoms. The van der Waals surface area contributed by atoms with Crippen molar-refractivity contribution in [3.8, 4) is 11.1 Å². The Labute approximate surface area is 176 Å². The molecule has 0 fully saturated rings. The fourth-order valence-corrected chi connectivity index (χ4v) is 3.08. The first-order valence-electron chi connectivity index (χ1n) is 9.00. The molecule has 3 aromatic rings. The molecule has 31 heavy (non-hydrogen) atoms. The highest BCUT2D eigenvalue weighted by Gasteiger charge is 2.34. The predicted molar refractivity (Wildman–Crippen MR) is 118 cm³/mol. The lowest BCUT2D eigenvalue weighted by molar-refractivity contribution is -0.0918. The van der Waals surface area contributed by atoms with E-state index in [4.69, 9.17) is 16.9 Å². The SMILES string of the molecule is C=NN/C=C(\N)c1ccc(-c2ccnc3ccc(C(C=N)=C(N)C(F)(F)F)cc23)cc1. The summed E-state index contributed by atoms with van der Waals surface area (Å²) < 4.78 is 39.3. The fraction of sp³-hybridized carbons (Fsp3) is 0.0455. The third-order valence-electron chi connectivity index (χ3n) is 4.63. The van der Waals surface area contributed by atoms with Crippen molar-refractivity contribution >= 4 is 35.1 Å². The Morgan fingerprint density at radius 1 is 1.06 bits per heavy atom. The number of nitrogens with zero attached hydrogens (tertiary/aromatic N) is 2. The monoisotopic (exact) mass is 424 g/mol. The molecule has 0 saturated heterocycles. The molecular formula is C22H19F3N6. The van der Waals surface area contributed by atoms with Gasteiger partial charge in [-0.05, 0) is 40.5 Å². The number of allylic oxidation sites excluding steroid dienone is 2. The van der Waals surface area contributed by atoms with E-state index >= 15 is 0 Å². The average molecular weight is 424 g/mol. The molecule has 0 saturated carbocycles. The number of aromatic nitrogens is 1. The van der Waals surface area contributed by atoms with E-state index in [1.54, 1.807) is 24.4 Å². The van der Waals surface area contributed by atoms with Crippen molar-refractivity contribution in [2.75, 3.05) is 0 Å². The molecule has 158 valence electrons. The zero-order valence-corrected chi connectivity index (χ0v) is 16.2. The highest BCUT2D eigenvalue weighted by Crippen LogP contribution is 2.33. The van der Waals surface area contributed by atoms with Gasteiger partial charge in [-0.1, -0.05) is 30.3 Å². The van der Waals surface area contributed by atoms with Crippen molar-refractivity contribution in [2.24, 2.45) is 16.6 Å². The molecule has 3 rings (SSSR count). The number of alkyl halides is 3. The van der Waals surface area contributed by atoms with Crippen molar-refractivity contribution in [1.29, 1.82) is 5.41 Å². The average Bonchev–Trinajstić information content (AvgIpc) is 2.77. The summed E-state index contributed by atoms with van der Waals surface area (Å²) in [6, 6.07) is 13.7. The third-order valence-corrected chi connectivity index (χ3v) is 4.63. The molecule has 1 aromatic heterocycles. The summed E-state index contributed by atoms with van der Waals surface area (Å²) in [6.45, 7) is 3.30. The number of halogens is 3. The Balaban J connectivity index is 2.11. The molecule has 0 spiro atoms. The summed E-state index contributed by atoms with van der Waals surface area (Å²) in [7, 11) is 0. The molecule has 9 heteroatoms. The quantitative estimate of drug-likeness (QED) is 0.350. The number of benzene rings is 2. The van der Waals surface area contributed by atoms with Gasteiger partial charge < -0.3 is 16.9 Å². The summed E-state index contributed by atoms with van der Waals surface area (Å²) in [5, 5.41) is 11.6. The Hall–Kier alpha value is -4.14. The van der Waals surface area contributed by atoms with Gasteiger partial charge in [-0.15, -0.1) is 0 Å². The van der Waals surface area contributed by atoms with E-state index in [2.05, 4.69) is 22.2 Å². The van der Waals surface area contributed by atoms with E-state index in [0.717, 1.165) is 16.7 Å². The Morgan fingerprint density at radius 3 is 2.35 bits per heavy atom. The first-order chi connectivity index (χ1) is 14.8. The summed E-state index contributed by atoms with van der Waals surface area (Å²) in [5.41, 5.74) is 15.7. The second-order valence-electron chi connectivity index (χ2n) is 6.52. The zero-order chi connectivity index (χ0) is 22.6. The molecule has 0 radical (unpaired) electrons. The molecular weight excluding hydrogens is 405 g/mol. The van der Waals surface area contributed by atoms with Crippen LogP contribution in [0.5, 0.6) is 0 Å². The van der Waals surface area contributed by atoms with Crippen LogP contribution in [-0.4, -0.2) is 24.1 Å². The Kier molecular flexibility index (Phi) is 6.05. The number of nitrogens with one attached hydrogen (secondary N) is 2. The van der Waals surface area contributed by atoms with Gasteiger partial charge in [0, 0.05) is 36.3 Å². The number of rotatable bonds is 6. The van der Waals surface area contributed by atoms with E-state index in [0.29, 0.717) is 22.8 Å². The topological polar surface area (TPSA) is 113 Å². The minimum Gasteiger partial charge on any atom is -0.397 e. The molecule has 2 aromatic carbocycles. The van der Waals surface area contributed by atoms with E-state index < -0.39 is 17.4 Å². The normalized spacial score (nSPS) is 12.9. The van der Waals surface area contributed by atoms with E-state index in [9.17, 15) is 13.2 Å². The van der Waals surface area contributed by atoms with Crippen LogP contribution in [0.25, 0.3) is 33.3 Å². The minimum absolute atomic E-state index is 0.179. The third kappa shape index (κ3) is 4.55. The molecule has 0 aliphatic heterocycles. The first kappa shape index (κ1) is 21.6. The van der Waals surface area contributed by atoms with Crippen LogP contribution in [-0.2, 0) is 0 Å². The lowest BCUT2D eigenvalue weighted by Crippen LogP contribution is -2.21. The van der Waals surface area contributed by atoms with Crippen molar-refractivity contribution in [2.45, 2.75) is 6.18 Å². The largest absolute Gasteiger partial charge is 0.431 e. The van der Waals surface area contributed by atoms with Gasteiger partial charge in [-0.2, -0.15) is 18.3 Å². The molecule has 0 unspecified atom stereocenters. The van der Waals surface area contributed by atoms with Gasteiger partial charge in [0.15, 0.2) is 0 Å². The maximum Gasteiger partial charge on any atom is 0.431 e. The Morgan fingerprint density at radius 2 is 1.74 bits per heavy atom. The molecule has 6 N–H and O–H groups in total. The molecule has 6 nitrogen and oxygen atoms in total. The summed E-state index contributed by atoms with van der Waals surface area (Å²) >= 11 is 0. The van der Waals surface area contributed by atoms with Gasteiger partial charge in [0.1, 0.15) is 5.70 Å². The highest BCUT2D eigenvalue weighted by molar-refractivity contribution is 6.11. The second-order valence-corrected chi connectivity index (χ2v) is 6.52.